The third-order valence-corrected chi connectivity index (χ3v) is 4.49. The summed E-state index contributed by atoms with van der Waals surface area (Å²) in [6.07, 6.45) is 3.08. The van der Waals surface area contributed by atoms with Crippen LogP contribution in [0.25, 0.3) is 0 Å². The molecule has 2 rings (SSSR count). The lowest BCUT2D eigenvalue weighted by Crippen LogP contribution is -2.47. The van der Waals surface area contributed by atoms with Crippen molar-refractivity contribution >= 4 is 27.5 Å². The maximum Gasteiger partial charge on any atom is 0.284 e. The van der Waals surface area contributed by atoms with Crippen LogP contribution in [-0.4, -0.2) is 27.8 Å². The minimum atomic E-state index is -0.482. The molecule has 0 aliphatic carbocycles. The first kappa shape index (κ1) is 15.0. The van der Waals surface area contributed by atoms with Crippen LogP contribution in [0.1, 0.15) is 43.5 Å². The number of hydrogen-bond donors (Lipinski definition) is 0. The number of piperidine rings is 1. The van der Waals surface area contributed by atoms with Gasteiger partial charge in [0.2, 0.25) is 0 Å². The van der Waals surface area contributed by atoms with Crippen LogP contribution in [0, 0.1) is 10.1 Å². The van der Waals surface area contributed by atoms with Gasteiger partial charge < -0.3 is 4.90 Å². The van der Waals surface area contributed by atoms with Crippen molar-refractivity contribution in [1.29, 1.82) is 0 Å². The number of rotatable bonds is 2. The van der Waals surface area contributed by atoms with Crippen molar-refractivity contribution in [2.75, 3.05) is 0 Å². The largest absolute Gasteiger partial charge is 0.333 e. The number of carbonyl (C=O) groups excluding carboxylic acids is 1. The standard InChI is InChI=1S/C14H17BrN2O3/c1-9-4-3-5-10(2)16(9)14(18)11-6-7-12(15)13(8-11)17(19)20/h6-10H,3-5H2,1-2H3. The Morgan fingerprint density at radius 1 is 1.35 bits per heavy atom. The lowest BCUT2D eigenvalue weighted by atomic mass is 9.96. The van der Waals surface area contributed by atoms with Gasteiger partial charge in [0, 0.05) is 23.7 Å². The van der Waals surface area contributed by atoms with E-state index in [0.717, 1.165) is 19.3 Å². The normalized spacial score (nSPS) is 22.6. The number of amides is 1. The van der Waals surface area contributed by atoms with Crippen LogP contribution in [0.3, 0.4) is 0 Å². The van der Waals surface area contributed by atoms with Crippen molar-refractivity contribution in [3.8, 4) is 0 Å². The second-order valence-corrected chi connectivity index (χ2v) is 6.12. The van der Waals surface area contributed by atoms with Crippen LogP contribution < -0.4 is 0 Å². The fourth-order valence-electron chi connectivity index (χ4n) is 2.76. The summed E-state index contributed by atoms with van der Waals surface area (Å²) in [7, 11) is 0. The van der Waals surface area contributed by atoms with E-state index in [-0.39, 0.29) is 23.7 Å². The molecule has 0 spiro atoms. The molecule has 2 atom stereocenters. The molecule has 1 aliphatic rings. The molecule has 108 valence electrons. The molecule has 0 bridgehead atoms. The van der Waals surface area contributed by atoms with Crippen LogP contribution in [0.4, 0.5) is 5.69 Å². The molecule has 1 amide bonds. The maximum absolute atomic E-state index is 12.6. The lowest BCUT2D eigenvalue weighted by molar-refractivity contribution is -0.385. The van der Waals surface area contributed by atoms with Gasteiger partial charge in [-0.1, -0.05) is 0 Å². The summed E-state index contributed by atoms with van der Waals surface area (Å²) in [5.41, 5.74) is 0.300. The molecule has 1 aromatic rings. The minimum Gasteiger partial charge on any atom is -0.333 e. The first-order chi connectivity index (χ1) is 9.41. The Labute approximate surface area is 126 Å². The van der Waals surface area contributed by atoms with Gasteiger partial charge >= 0.3 is 0 Å². The Morgan fingerprint density at radius 2 is 1.95 bits per heavy atom. The van der Waals surface area contributed by atoms with Crippen molar-refractivity contribution in [2.45, 2.75) is 45.2 Å². The summed E-state index contributed by atoms with van der Waals surface area (Å²) in [6.45, 7) is 4.06. The van der Waals surface area contributed by atoms with Crippen molar-refractivity contribution in [1.82, 2.24) is 4.90 Å². The molecule has 1 aliphatic heterocycles. The van der Waals surface area contributed by atoms with Gasteiger partial charge in [0.1, 0.15) is 0 Å². The zero-order chi connectivity index (χ0) is 14.9. The molecule has 2 unspecified atom stereocenters. The van der Waals surface area contributed by atoms with E-state index in [9.17, 15) is 14.9 Å². The van der Waals surface area contributed by atoms with Gasteiger partial charge in [-0.3, -0.25) is 14.9 Å². The monoisotopic (exact) mass is 340 g/mol. The number of likely N-dealkylation sites (tertiary alicyclic amines) is 1. The fraction of sp³-hybridized carbons (Fsp3) is 0.500. The van der Waals surface area contributed by atoms with Gasteiger partial charge in [-0.05, 0) is 61.2 Å². The topological polar surface area (TPSA) is 63.5 Å². The first-order valence-electron chi connectivity index (χ1n) is 6.68. The van der Waals surface area contributed by atoms with Crippen LogP contribution in [-0.2, 0) is 0 Å². The van der Waals surface area contributed by atoms with Crippen molar-refractivity contribution in [3.05, 3.63) is 38.3 Å². The van der Waals surface area contributed by atoms with E-state index >= 15 is 0 Å². The second-order valence-electron chi connectivity index (χ2n) is 5.26. The average molecular weight is 341 g/mol. The van der Waals surface area contributed by atoms with E-state index in [2.05, 4.69) is 15.9 Å². The van der Waals surface area contributed by atoms with Crippen LogP contribution in [0.15, 0.2) is 22.7 Å². The number of nitro groups is 1. The average Bonchev–Trinajstić information content (AvgIpc) is 2.38. The number of halogens is 1. The Morgan fingerprint density at radius 3 is 2.50 bits per heavy atom. The van der Waals surface area contributed by atoms with Crippen LogP contribution in [0.2, 0.25) is 0 Å². The minimum absolute atomic E-state index is 0.0758. The van der Waals surface area contributed by atoms with Gasteiger partial charge in [0.05, 0.1) is 9.40 Å². The van der Waals surface area contributed by atoms with Crippen LogP contribution in [0.5, 0.6) is 0 Å². The maximum atomic E-state index is 12.6. The molecule has 1 heterocycles. The van der Waals surface area contributed by atoms with Gasteiger partial charge in [-0.15, -0.1) is 0 Å². The Balaban J connectivity index is 2.33. The van der Waals surface area contributed by atoms with Crippen molar-refractivity contribution in [2.24, 2.45) is 0 Å². The molecule has 6 heteroatoms. The Kier molecular flexibility index (Phi) is 4.42. The van der Waals surface area contributed by atoms with E-state index in [1.807, 2.05) is 18.7 Å². The highest BCUT2D eigenvalue weighted by atomic mass is 79.9. The molecule has 1 fully saturated rings. The van der Waals surface area contributed by atoms with Gasteiger partial charge in [-0.2, -0.15) is 0 Å². The molecule has 0 aromatic heterocycles. The molecular weight excluding hydrogens is 324 g/mol. The number of nitrogens with zero attached hydrogens (tertiary/aromatic N) is 2. The molecule has 1 saturated heterocycles. The van der Waals surface area contributed by atoms with Crippen molar-refractivity contribution in [3.63, 3.8) is 0 Å². The zero-order valence-corrected chi connectivity index (χ0v) is 13.1. The third-order valence-electron chi connectivity index (χ3n) is 3.82. The summed E-state index contributed by atoms with van der Waals surface area (Å²) in [5.74, 6) is -0.125. The number of nitro benzene ring substituents is 1. The van der Waals surface area contributed by atoms with Gasteiger partial charge in [-0.25, -0.2) is 0 Å². The molecule has 5 nitrogen and oxygen atoms in total. The summed E-state index contributed by atoms with van der Waals surface area (Å²) < 4.78 is 0.388. The highest BCUT2D eigenvalue weighted by Crippen LogP contribution is 2.29. The highest BCUT2D eigenvalue weighted by molar-refractivity contribution is 9.10. The number of hydrogen-bond acceptors (Lipinski definition) is 3. The second kappa shape index (κ2) is 5.91. The van der Waals surface area contributed by atoms with Crippen molar-refractivity contribution < 1.29 is 9.72 Å². The number of carbonyl (C=O) groups is 1. The predicted octanol–water partition coefficient (Wildman–Crippen LogP) is 3.76. The van der Waals surface area contributed by atoms with E-state index < -0.39 is 4.92 Å². The third kappa shape index (κ3) is 2.85. The molecule has 0 saturated carbocycles. The fourth-order valence-corrected chi connectivity index (χ4v) is 3.15. The zero-order valence-electron chi connectivity index (χ0n) is 11.5. The quantitative estimate of drug-likeness (QED) is 0.608. The summed E-state index contributed by atoms with van der Waals surface area (Å²) in [6, 6.07) is 4.89. The summed E-state index contributed by atoms with van der Waals surface area (Å²) in [5, 5.41) is 11.0. The smallest absolute Gasteiger partial charge is 0.284 e. The molecule has 1 aromatic carbocycles. The van der Waals surface area contributed by atoms with Gasteiger partial charge in [0.25, 0.3) is 11.6 Å². The van der Waals surface area contributed by atoms with E-state index in [4.69, 9.17) is 0 Å². The molecule has 20 heavy (non-hydrogen) atoms. The Bertz CT molecular complexity index is 537. The van der Waals surface area contributed by atoms with Crippen LogP contribution >= 0.6 is 15.9 Å². The molecular formula is C14H17BrN2O3. The summed E-state index contributed by atoms with van der Waals surface area (Å²) >= 11 is 3.13. The van der Waals surface area contributed by atoms with E-state index in [0.29, 0.717) is 10.0 Å². The lowest BCUT2D eigenvalue weighted by Gasteiger charge is -2.39. The predicted molar refractivity (Wildman–Crippen MR) is 79.7 cm³/mol. The molecule has 0 radical (unpaired) electrons. The first-order valence-corrected chi connectivity index (χ1v) is 7.47. The van der Waals surface area contributed by atoms with E-state index in [1.165, 1.54) is 6.07 Å². The van der Waals surface area contributed by atoms with E-state index in [1.54, 1.807) is 12.1 Å². The molecule has 0 N–H and O–H groups in total. The van der Waals surface area contributed by atoms with Gasteiger partial charge in [0.15, 0.2) is 0 Å². The Hall–Kier alpha value is -1.43. The number of benzene rings is 1. The summed E-state index contributed by atoms with van der Waals surface area (Å²) in [4.78, 5) is 24.9. The SMILES string of the molecule is CC1CCCC(C)N1C(=O)c1ccc(Br)c([N+](=O)[O-])c1. The highest BCUT2D eigenvalue weighted by Gasteiger charge is 2.30.